The van der Waals surface area contributed by atoms with Gasteiger partial charge in [-0.15, -0.1) is 0 Å². The summed E-state index contributed by atoms with van der Waals surface area (Å²) in [5.74, 6) is 0.774. The minimum absolute atomic E-state index is 0.242. The number of aromatic amines is 1. The average molecular weight is 307 g/mol. The molecule has 2 aromatic rings. The van der Waals surface area contributed by atoms with Gasteiger partial charge < -0.3 is 4.74 Å². The lowest BCUT2D eigenvalue weighted by molar-refractivity contribution is 0.288. The van der Waals surface area contributed by atoms with Gasteiger partial charge in [0.05, 0.1) is 28.6 Å². The number of benzene rings is 1. The van der Waals surface area contributed by atoms with Gasteiger partial charge in [0.2, 0.25) is 0 Å². The number of nitrogens with one attached hydrogen (secondary N) is 2. The molecule has 0 bridgehead atoms. The third kappa shape index (κ3) is 2.61. The fraction of sp³-hybridized carbons (Fsp3) is 0.357. The standard InChI is InChI=1S/C14H17N3O3S/c1-9-14(10(2)16-15-9)17-21(18,19)12-5-6-13-11(8-12)4-3-7-20-13/h5-6,8,17H,3-4,7H2,1-2H3,(H,15,16). The van der Waals surface area contributed by atoms with E-state index >= 15 is 0 Å². The number of anilines is 1. The zero-order valence-corrected chi connectivity index (χ0v) is 12.8. The highest BCUT2D eigenvalue weighted by Gasteiger charge is 2.20. The molecule has 0 amide bonds. The van der Waals surface area contributed by atoms with Gasteiger partial charge in [0, 0.05) is 0 Å². The maximum absolute atomic E-state index is 12.5. The number of aromatic nitrogens is 2. The van der Waals surface area contributed by atoms with Crippen LogP contribution >= 0.6 is 0 Å². The molecule has 6 nitrogen and oxygen atoms in total. The Morgan fingerprint density at radius 2 is 2.14 bits per heavy atom. The lowest BCUT2D eigenvalue weighted by atomic mass is 10.1. The maximum Gasteiger partial charge on any atom is 0.262 e. The second kappa shape index (κ2) is 5.07. The summed E-state index contributed by atoms with van der Waals surface area (Å²) in [5, 5.41) is 6.76. The maximum atomic E-state index is 12.5. The van der Waals surface area contributed by atoms with Crippen LogP contribution in [0.2, 0.25) is 0 Å². The van der Waals surface area contributed by atoms with E-state index in [-0.39, 0.29) is 4.90 Å². The van der Waals surface area contributed by atoms with Crippen LogP contribution in [0.25, 0.3) is 0 Å². The molecular formula is C14H17N3O3S. The number of aryl methyl sites for hydroxylation is 3. The Balaban J connectivity index is 1.95. The number of fused-ring (bicyclic) bond motifs is 1. The molecular weight excluding hydrogens is 290 g/mol. The molecule has 0 radical (unpaired) electrons. The highest BCUT2D eigenvalue weighted by atomic mass is 32.2. The monoisotopic (exact) mass is 307 g/mol. The Morgan fingerprint density at radius 1 is 1.33 bits per heavy atom. The zero-order chi connectivity index (χ0) is 15.0. The summed E-state index contributed by atoms with van der Waals surface area (Å²) in [6.45, 7) is 4.21. The summed E-state index contributed by atoms with van der Waals surface area (Å²) in [7, 11) is -3.63. The summed E-state index contributed by atoms with van der Waals surface area (Å²) in [5.41, 5.74) is 2.75. The van der Waals surface area contributed by atoms with Crippen LogP contribution in [-0.2, 0) is 16.4 Å². The van der Waals surface area contributed by atoms with Crippen LogP contribution in [0.15, 0.2) is 23.1 Å². The van der Waals surface area contributed by atoms with Gasteiger partial charge in [0.25, 0.3) is 10.0 Å². The molecule has 1 aliphatic heterocycles. The second-order valence-corrected chi connectivity index (χ2v) is 6.82. The summed E-state index contributed by atoms with van der Waals surface area (Å²) < 4.78 is 33.1. The number of nitrogens with zero attached hydrogens (tertiary/aromatic N) is 1. The first-order valence-corrected chi connectivity index (χ1v) is 8.26. The largest absolute Gasteiger partial charge is 0.493 e. The molecule has 1 aromatic carbocycles. The van der Waals surface area contributed by atoms with Crippen LogP contribution in [0.5, 0.6) is 5.75 Å². The van der Waals surface area contributed by atoms with E-state index in [0.717, 1.165) is 24.2 Å². The Morgan fingerprint density at radius 3 is 2.86 bits per heavy atom. The van der Waals surface area contributed by atoms with Gasteiger partial charge in [-0.2, -0.15) is 5.10 Å². The predicted octanol–water partition coefficient (Wildman–Crippen LogP) is 2.15. The minimum atomic E-state index is -3.63. The van der Waals surface area contributed by atoms with E-state index in [1.54, 1.807) is 32.0 Å². The number of ether oxygens (including phenoxy) is 1. The quantitative estimate of drug-likeness (QED) is 0.910. The molecule has 0 unspecified atom stereocenters. The molecule has 2 heterocycles. The van der Waals surface area contributed by atoms with Gasteiger partial charge in [-0.1, -0.05) is 0 Å². The molecule has 21 heavy (non-hydrogen) atoms. The molecule has 0 spiro atoms. The van der Waals surface area contributed by atoms with Crippen LogP contribution < -0.4 is 9.46 Å². The zero-order valence-electron chi connectivity index (χ0n) is 11.9. The first-order valence-electron chi connectivity index (χ1n) is 6.77. The van der Waals surface area contributed by atoms with Crippen molar-refractivity contribution in [3.8, 4) is 5.75 Å². The van der Waals surface area contributed by atoms with Crippen molar-refractivity contribution in [2.75, 3.05) is 11.3 Å². The number of hydrogen-bond donors (Lipinski definition) is 2. The molecule has 0 aliphatic carbocycles. The minimum Gasteiger partial charge on any atom is -0.493 e. The molecule has 112 valence electrons. The van der Waals surface area contributed by atoms with Crippen molar-refractivity contribution in [1.82, 2.24) is 10.2 Å². The summed E-state index contributed by atoms with van der Waals surface area (Å²) in [6.07, 6.45) is 1.74. The van der Waals surface area contributed by atoms with Crippen molar-refractivity contribution in [2.24, 2.45) is 0 Å². The van der Waals surface area contributed by atoms with Crippen LogP contribution in [0, 0.1) is 13.8 Å². The number of H-pyrrole nitrogens is 1. The topological polar surface area (TPSA) is 84.1 Å². The third-order valence-electron chi connectivity index (χ3n) is 3.55. The lowest BCUT2D eigenvalue weighted by Crippen LogP contribution is -2.15. The Kier molecular flexibility index (Phi) is 3.36. The lowest BCUT2D eigenvalue weighted by Gasteiger charge is -2.18. The van der Waals surface area contributed by atoms with E-state index in [2.05, 4.69) is 14.9 Å². The van der Waals surface area contributed by atoms with E-state index in [1.165, 1.54) is 0 Å². The molecule has 2 N–H and O–H groups in total. The van der Waals surface area contributed by atoms with Gasteiger partial charge in [-0.25, -0.2) is 8.42 Å². The van der Waals surface area contributed by atoms with E-state index in [4.69, 9.17) is 4.74 Å². The normalized spacial score (nSPS) is 14.4. The highest BCUT2D eigenvalue weighted by Crippen LogP contribution is 2.28. The molecule has 1 aliphatic rings. The Hall–Kier alpha value is -2.02. The molecule has 0 saturated carbocycles. The van der Waals surface area contributed by atoms with Gasteiger partial charge in [-0.3, -0.25) is 9.82 Å². The van der Waals surface area contributed by atoms with E-state index in [9.17, 15) is 8.42 Å². The molecule has 0 atom stereocenters. The Labute approximate surface area is 123 Å². The molecule has 0 fully saturated rings. The first kappa shape index (κ1) is 13.9. The average Bonchev–Trinajstić information content (AvgIpc) is 2.78. The van der Waals surface area contributed by atoms with Crippen molar-refractivity contribution in [3.05, 3.63) is 35.2 Å². The second-order valence-electron chi connectivity index (χ2n) is 5.14. The summed E-state index contributed by atoms with van der Waals surface area (Å²) in [4.78, 5) is 0.242. The smallest absolute Gasteiger partial charge is 0.262 e. The van der Waals surface area contributed by atoms with Crippen LogP contribution in [0.4, 0.5) is 5.69 Å². The van der Waals surface area contributed by atoms with Crippen molar-refractivity contribution in [1.29, 1.82) is 0 Å². The molecule has 0 saturated heterocycles. The van der Waals surface area contributed by atoms with E-state index in [0.29, 0.717) is 23.7 Å². The van der Waals surface area contributed by atoms with Crippen LogP contribution in [0.1, 0.15) is 23.4 Å². The molecule has 3 rings (SSSR count). The summed E-state index contributed by atoms with van der Waals surface area (Å²) >= 11 is 0. The van der Waals surface area contributed by atoms with Crippen LogP contribution in [0.3, 0.4) is 0 Å². The van der Waals surface area contributed by atoms with E-state index < -0.39 is 10.0 Å². The van der Waals surface area contributed by atoms with Crippen molar-refractivity contribution >= 4 is 15.7 Å². The fourth-order valence-corrected chi connectivity index (χ4v) is 3.63. The third-order valence-corrected chi connectivity index (χ3v) is 4.90. The van der Waals surface area contributed by atoms with Crippen LogP contribution in [-0.4, -0.2) is 25.2 Å². The van der Waals surface area contributed by atoms with Crippen molar-refractivity contribution in [2.45, 2.75) is 31.6 Å². The number of sulfonamides is 1. The SMILES string of the molecule is Cc1n[nH]c(C)c1NS(=O)(=O)c1ccc2c(c1)CCCO2. The van der Waals surface area contributed by atoms with Crippen molar-refractivity contribution < 1.29 is 13.2 Å². The van der Waals surface area contributed by atoms with Gasteiger partial charge in [-0.05, 0) is 50.5 Å². The number of rotatable bonds is 3. The first-order chi connectivity index (χ1) is 9.97. The van der Waals surface area contributed by atoms with Crippen molar-refractivity contribution in [3.63, 3.8) is 0 Å². The fourth-order valence-electron chi connectivity index (χ4n) is 2.40. The van der Waals surface area contributed by atoms with Gasteiger partial charge in [0.1, 0.15) is 5.75 Å². The Bertz CT molecular complexity index is 761. The number of hydrogen-bond acceptors (Lipinski definition) is 4. The predicted molar refractivity (Wildman–Crippen MR) is 79.1 cm³/mol. The molecule has 1 aromatic heterocycles. The van der Waals surface area contributed by atoms with Gasteiger partial charge >= 0.3 is 0 Å². The van der Waals surface area contributed by atoms with E-state index in [1.807, 2.05) is 0 Å². The molecule has 7 heteroatoms. The summed E-state index contributed by atoms with van der Waals surface area (Å²) in [6, 6.07) is 4.97. The highest BCUT2D eigenvalue weighted by molar-refractivity contribution is 7.92. The van der Waals surface area contributed by atoms with Gasteiger partial charge in [0.15, 0.2) is 0 Å².